The van der Waals surface area contributed by atoms with Gasteiger partial charge in [-0.1, -0.05) is 13.0 Å². The van der Waals surface area contributed by atoms with Crippen molar-refractivity contribution in [3.63, 3.8) is 0 Å². The second-order valence-corrected chi connectivity index (χ2v) is 4.98. The lowest BCUT2D eigenvalue weighted by molar-refractivity contribution is 0.102. The summed E-state index contributed by atoms with van der Waals surface area (Å²) in [5.41, 5.74) is 4.07. The number of hydrogen-bond donors (Lipinski definition) is 2. The molecule has 4 nitrogen and oxygen atoms in total. The number of hydrogen-bond acceptors (Lipinski definition) is 3. The van der Waals surface area contributed by atoms with Gasteiger partial charge in [-0.25, -0.2) is 0 Å². The highest BCUT2D eigenvalue weighted by molar-refractivity contribution is 6.05. The van der Waals surface area contributed by atoms with Gasteiger partial charge in [0.1, 0.15) is 5.76 Å². The van der Waals surface area contributed by atoms with Crippen molar-refractivity contribution in [2.45, 2.75) is 26.3 Å². The lowest BCUT2D eigenvalue weighted by Crippen LogP contribution is -2.23. The van der Waals surface area contributed by atoms with Gasteiger partial charge >= 0.3 is 0 Å². The van der Waals surface area contributed by atoms with Crippen LogP contribution in [0.15, 0.2) is 34.9 Å². The van der Waals surface area contributed by atoms with Crippen molar-refractivity contribution in [1.82, 2.24) is 5.32 Å². The van der Waals surface area contributed by atoms with E-state index >= 15 is 0 Å². The number of carbonyl (C=O) groups excluding carboxylic acids is 1. The summed E-state index contributed by atoms with van der Waals surface area (Å²) in [4.78, 5) is 12.2. The van der Waals surface area contributed by atoms with Gasteiger partial charge in [-0.05, 0) is 42.3 Å². The molecule has 1 aliphatic heterocycles. The standard InChI is InChI=1S/C16H18N2O2/c1-2-15-14(6-8-20-15)16(19)18-13-4-3-11-5-7-17-10-12(11)9-13/h3-4,6,8-9,17H,2,5,7,10H2,1H3,(H,18,19). The van der Waals surface area contributed by atoms with Gasteiger partial charge in [-0.3, -0.25) is 4.79 Å². The second-order valence-electron chi connectivity index (χ2n) is 4.98. The second kappa shape index (κ2) is 5.51. The van der Waals surface area contributed by atoms with Gasteiger partial charge in [0, 0.05) is 18.7 Å². The topological polar surface area (TPSA) is 54.3 Å². The summed E-state index contributed by atoms with van der Waals surface area (Å²) < 4.78 is 5.29. The molecule has 0 radical (unpaired) electrons. The summed E-state index contributed by atoms with van der Waals surface area (Å²) in [6.45, 7) is 3.86. The van der Waals surface area contributed by atoms with Gasteiger partial charge < -0.3 is 15.1 Å². The van der Waals surface area contributed by atoms with Gasteiger partial charge in [0.15, 0.2) is 0 Å². The largest absolute Gasteiger partial charge is 0.469 e. The van der Waals surface area contributed by atoms with E-state index < -0.39 is 0 Å². The zero-order chi connectivity index (χ0) is 13.9. The Hall–Kier alpha value is -2.07. The first kappa shape index (κ1) is 12.9. The smallest absolute Gasteiger partial charge is 0.259 e. The molecule has 3 rings (SSSR count). The molecular formula is C16H18N2O2. The molecule has 0 atom stereocenters. The Morgan fingerprint density at radius 3 is 3.10 bits per heavy atom. The molecule has 4 heteroatoms. The zero-order valence-electron chi connectivity index (χ0n) is 11.5. The van der Waals surface area contributed by atoms with Crippen molar-refractivity contribution in [3.8, 4) is 0 Å². The molecule has 20 heavy (non-hydrogen) atoms. The van der Waals surface area contributed by atoms with Crippen LogP contribution < -0.4 is 10.6 Å². The molecule has 0 unspecified atom stereocenters. The first-order valence-corrected chi connectivity index (χ1v) is 6.98. The number of amides is 1. The van der Waals surface area contributed by atoms with Crippen LogP contribution in [-0.4, -0.2) is 12.5 Å². The summed E-state index contributed by atoms with van der Waals surface area (Å²) in [6, 6.07) is 7.83. The molecule has 2 N–H and O–H groups in total. The number of rotatable bonds is 3. The molecule has 0 spiro atoms. The quantitative estimate of drug-likeness (QED) is 0.901. The van der Waals surface area contributed by atoms with E-state index in [1.54, 1.807) is 12.3 Å². The molecule has 0 fully saturated rings. The molecule has 0 saturated carbocycles. The third-order valence-electron chi connectivity index (χ3n) is 3.66. The minimum Gasteiger partial charge on any atom is -0.469 e. The van der Waals surface area contributed by atoms with E-state index in [0.717, 1.165) is 31.0 Å². The normalized spacial score (nSPS) is 13.8. The van der Waals surface area contributed by atoms with Crippen molar-refractivity contribution in [3.05, 3.63) is 53.0 Å². The van der Waals surface area contributed by atoms with Crippen molar-refractivity contribution >= 4 is 11.6 Å². The molecule has 2 aromatic rings. The highest BCUT2D eigenvalue weighted by Gasteiger charge is 2.14. The average Bonchev–Trinajstić information content (AvgIpc) is 2.95. The fraction of sp³-hybridized carbons (Fsp3) is 0.312. The fourth-order valence-electron chi connectivity index (χ4n) is 2.57. The molecule has 1 amide bonds. The summed E-state index contributed by atoms with van der Waals surface area (Å²) in [6.07, 6.45) is 3.32. The summed E-state index contributed by atoms with van der Waals surface area (Å²) >= 11 is 0. The molecule has 2 heterocycles. The van der Waals surface area contributed by atoms with Gasteiger partial charge in [-0.15, -0.1) is 0 Å². The number of carbonyl (C=O) groups is 1. The predicted octanol–water partition coefficient (Wildman–Crippen LogP) is 2.74. The van der Waals surface area contributed by atoms with Crippen molar-refractivity contribution in [1.29, 1.82) is 0 Å². The first-order chi connectivity index (χ1) is 9.78. The van der Waals surface area contributed by atoms with Crippen LogP contribution in [0.25, 0.3) is 0 Å². The van der Waals surface area contributed by atoms with E-state index in [1.807, 2.05) is 19.1 Å². The van der Waals surface area contributed by atoms with Gasteiger partial charge in [0.25, 0.3) is 5.91 Å². The van der Waals surface area contributed by atoms with E-state index in [0.29, 0.717) is 12.0 Å². The maximum atomic E-state index is 12.2. The number of benzene rings is 1. The van der Waals surface area contributed by atoms with Crippen LogP contribution in [0.1, 0.15) is 34.2 Å². The summed E-state index contributed by atoms with van der Waals surface area (Å²) in [5.74, 6) is 0.612. The Morgan fingerprint density at radius 1 is 1.35 bits per heavy atom. The van der Waals surface area contributed by atoms with E-state index in [9.17, 15) is 4.79 Å². The van der Waals surface area contributed by atoms with Crippen molar-refractivity contribution in [2.75, 3.05) is 11.9 Å². The maximum absolute atomic E-state index is 12.2. The predicted molar refractivity (Wildman–Crippen MR) is 77.9 cm³/mol. The van der Waals surface area contributed by atoms with Gasteiger partial charge in [0.2, 0.25) is 0 Å². The fourth-order valence-corrected chi connectivity index (χ4v) is 2.57. The first-order valence-electron chi connectivity index (χ1n) is 6.98. The monoisotopic (exact) mass is 270 g/mol. The highest BCUT2D eigenvalue weighted by Crippen LogP contribution is 2.20. The molecular weight excluding hydrogens is 252 g/mol. The Kier molecular flexibility index (Phi) is 3.56. The van der Waals surface area contributed by atoms with Crippen molar-refractivity contribution < 1.29 is 9.21 Å². The molecule has 1 aliphatic rings. The van der Waals surface area contributed by atoms with Gasteiger partial charge in [-0.2, -0.15) is 0 Å². The van der Waals surface area contributed by atoms with Crippen LogP contribution in [0.2, 0.25) is 0 Å². The van der Waals surface area contributed by atoms with Crippen LogP contribution in [0.4, 0.5) is 5.69 Å². The number of aryl methyl sites for hydroxylation is 1. The Morgan fingerprint density at radius 2 is 2.25 bits per heavy atom. The molecule has 104 valence electrons. The average molecular weight is 270 g/mol. The SMILES string of the molecule is CCc1occc1C(=O)Nc1ccc2c(c1)CNCC2. The summed E-state index contributed by atoms with van der Waals surface area (Å²) in [7, 11) is 0. The van der Waals surface area contributed by atoms with E-state index in [-0.39, 0.29) is 5.91 Å². The van der Waals surface area contributed by atoms with Crippen LogP contribution >= 0.6 is 0 Å². The van der Waals surface area contributed by atoms with Gasteiger partial charge in [0.05, 0.1) is 11.8 Å². The van der Waals surface area contributed by atoms with E-state index in [2.05, 4.69) is 16.7 Å². The molecule has 1 aromatic carbocycles. The number of anilines is 1. The third kappa shape index (κ3) is 2.47. The van der Waals surface area contributed by atoms with E-state index in [4.69, 9.17) is 4.42 Å². The molecule has 1 aromatic heterocycles. The van der Waals surface area contributed by atoms with Crippen molar-refractivity contribution in [2.24, 2.45) is 0 Å². The molecule has 0 bridgehead atoms. The summed E-state index contributed by atoms with van der Waals surface area (Å²) in [5, 5.41) is 6.28. The number of nitrogens with one attached hydrogen (secondary N) is 2. The van der Waals surface area contributed by atoms with Crippen LogP contribution in [0, 0.1) is 0 Å². The van der Waals surface area contributed by atoms with Crippen LogP contribution in [0.5, 0.6) is 0 Å². The van der Waals surface area contributed by atoms with Crippen LogP contribution in [-0.2, 0) is 19.4 Å². The zero-order valence-corrected chi connectivity index (χ0v) is 11.5. The maximum Gasteiger partial charge on any atom is 0.259 e. The van der Waals surface area contributed by atoms with Crippen LogP contribution in [0.3, 0.4) is 0 Å². The number of furan rings is 1. The molecule has 0 saturated heterocycles. The Balaban J connectivity index is 1.79. The minimum atomic E-state index is -0.112. The lowest BCUT2D eigenvalue weighted by atomic mass is 10.0. The Labute approximate surface area is 118 Å². The molecule has 0 aliphatic carbocycles. The highest BCUT2D eigenvalue weighted by atomic mass is 16.3. The third-order valence-corrected chi connectivity index (χ3v) is 3.66. The lowest BCUT2D eigenvalue weighted by Gasteiger charge is -2.18. The number of fused-ring (bicyclic) bond motifs is 1. The van der Waals surface area contributed by atoms with E-state index in [1.165, 1.54) is 11.1 Å². The minimum absolute atomic E-state index is 0.112. The Bertz CT molecular complexity index is 631.